The van der Waals surface area contributed by atoms with E-state index in [0.29, 0.717) is 50.8 Å². The van der Waals surface area contributed by atoms with Gasteiger partial charge in [0.25, 0.3) is 0 Å². The number of hydrogen-bond donors (Lipinski definition) is 2. The van der Waals surface area contributed by atoms with E-state index >= 15 is 0 Å². The van der Waals surface area contributed by atoms with Gasteiger partial charge in [-0.3, -0.25) is 24.5 Å². The van der Waals surface area contributed by atoms with Crippen molar-refractivity contribution in [3.8, 4) is 0 Å². The summed E-state index contributed by atoms with van der Waals surface area (Å²) in [7, 11) is 4.03. The maximum atomic E-state index is 14.3. The molecule has 12 atom stereocenters. The van der Waals surface area contributed by atoms with E-state index < -0.39 is 24.7 Å². The Hall–Kier alpha value is -0.680. The van der Waals surface area contributed by atoms with E-state index in [-0.39, 0.29) is 51.9 Å². The Bertz CT molecular complexity index is 1270. The van der Waals surface area contributed by atoms with Gasteiger partial charge in [0.2, 0.25) is 0 Å². The molecule has 0 unspecified atom stereocenters. The molecule has 0 spiro atoms. The summed E-state index contributed by atoms with van der Waals surface area (Å²) in [6, 6.07) is 1.26. The second-order valence-corrected chi connectivity index (χ2v) is 24.4. The molecule has 6 rings (SSSR count). The van der Waals surface area contributed by atoms with E-state index in [4.69, 9.17) is 10.5 Å². The zero-order chi connectivity index (χ0) is 56.7. The normalized spacial score (nSPS) is 32.2. The predicted octanol–water partition coefficient (Wildman–Crippen LogP) is 10.6. The van der Waals surface area contributed by atoms with Gasteiger partial charge in [0, 0.05) is 155 Å². The molecule has 6 aliphatic rings. The van der Waals surface area contributed by atoms with Gasteiger partial charge in [-0.15, -0.1) is 0 Å². The fraction of sp³-hybridized carbons (Fsp3) is 1.00. The monoisotopic (exact) mass is 1040 g/mol. The Morgan fingerprint density at radius 3 is 0.986 bits per heavy atom. The van der Waals surface area contributed by atoms with Gasteiger partial charge in [0.15, 0.2) is 0 Å². The SMILES string of the molecule is CC.CC.CC.CC.C[C@@H]1[C@H](CN(C)C)[C@@H](F)CN1C(C)(C)C.C[C@@H]1[C@H](CN)[C@@H](F)CN1C(C)(C)C.C[C@@H]1[C@H](CN2CCNCC2)[C@@H](F)CN1C(C)(C)C.C[C@@H]1[C@H](CN2CCOCC2)[C@@H](F)CN1C(C)(C)C. The molecule has 0 aromatic heterocycles. The van der Waals surface area contributed by atoms with Crippen LogP contribution in [0, 0.1) is 23.7 Å². The standard InChI is InChI=1S/C14H28FN3.C14H27FN2O.C12H25FN2.C10H21FN2.4C2H6/c1-11-12(9-17-7-5-16-6-8-17)13(15)10-18(11)14(2,3)4;1-11-12(9-16-5-7-18-8-6-16)13(15)10-17(11)14(2,3)4;1-9-10(7-14(5)6)11(13)8-15(9)12(2,3)4;1-7-8(5-12)9(11)6-13(7)10(2,3)4;4*1-2/h11-13,16H,5-10H2,1-4H3;11-13H,5-10H2,1-4H3;9-11H,7-8H2,1-6H3;7-9H,5-6,12H2,1-4H3;4*1-2H3/t2*11-,12+,13+;9-,10+,11+;7-,8+,9+;;;;/m1111..../s1. The number of piperazine rings is 1. The first kappa shape index (κ1) is 73.4. The second-order valence-electron chi connectivity index (χ2n) is 24.4. The number of rotatable bonds is 7. The highest BCUT2D eigenvalue weighted by Gasteiger charge is 2.47. The number of nitrogens with zero attached hydrogens (tertiary/aromatic N) is 7. The number of morpholine rings is 1. The summed E-state index contributed by atoms with van der Waals surface area (Å²) in [4.78, 5) is 16.0. The van der Waals surface area contributed by atoms with E-state index in [9.17, 15) is 17.6 Å². The van der Waals surface area contributed by atoms with Gasteiger partial charge < -0.3 is 25.6 Å². The first-order chi connectivity index (χ1) is 33.4. The lowest BCUT2D eigenvalue weighted by Gasteiger charge is -2.37. The predicted molar refractivity (Wildman–Crippen MR) is 307 cm³/mol. The molecule has 14 heteroatoms. The molecule has 0 aromatic rings. The van der Waals surface area contributed by atoms with Crippen LogP contribution in [0.15, 0.2) is 0 Å². The fourth-order valence-electron chi connectivity index (χ4n) is 11.5. The molecular weight excluding hydrogens is 915 g/mol. The molecule has 0 radical (unpaired) electrons. The summed E-state index contributed by atoms with van der Waals surface area (Å²) >= 11 is 0. The smallest absolute Gasteiger partial charge is 0.118 e. The Balaban J connectivity index is 0. The molecule has 0 aromatic carbocycles. The fourth-order valence-corrected chi connectivity index (χ4v) is 11.5. The highest BCUT2D eigenvalue weighted by Crippen LogP contribution is 2.36. The lowest BCUT2D eigenvalue weighted by Crippen LogP contribution is -2.49. The van der Waals surface area contributed by atoms with E-state index in [0.717, 1.165) is 72.1 Å². The van der Waals surface area contributed by atoms with Crippen molar-refractivity contribution in [2.24, 2.45) is 29.4 Å². The first-order valence-electron chi connectivity index (χ1n) is 29.1. The molecule has 0 amide bonds. The third-order valence-corrected chi connectivity index (χ3v) is 15.3. The van der Waals surface area contributed by atoms with Crippen molar-refractivity contribution in [1.82, 2.24) is 39.6 Å². The number of ether oxygens (including phenoxy) is 1. The van der Waals surface area contributed by atoms with Gasteiger partial charge in [-0.2, -0.15) is 0 Å². The van der Waals surface area contributed by atoms with Crippen LogP contribution < -0.4 is 11.1 Å². The number of halogens is 4. The number of nitrogens with one attached hydrogen (secondary N) is 1. The van der Waals surface area contributed by atoms with E-state index in [1.807, 2.05) is 69.5 Å². The Labute approximate surface area is 446 Å². The molecule has 0 bridgehead atoms. The van der Waals surface area contributed by atoms with Crippen molar-refractivity contribution in [2.75, 3.05) is 119 Å². The highest BCUT2D eigenvalue weighted by atomic mass is 19.1. The van der Waals surface area contributed by atoms with Gasteiger partial charge in [-0.25, -0.2) is 17.6 Å². The molecule has 0 saturated carbocycles. The zero-order valence-electron chi connectivity index (χ0n) is 52.4. The summed E-state index contributed by atoms with van der Waals surface area (Å²) in [5.74, 6) is 0.475. The van der Waals surface area contributed by atoms with E-state index in [1.54, 1.807) is 0 Å². The maximum absolute atomic E-state index is 14.3. The topological polar surface area (TPSA) is 70.0 Å². The summed E-state index contributed by atoms with van der Waals surface area (Å²) in [5, 5.41) is 3.35. The van der Waals surface area contributed by atoms with Gasteiger partial charge in [0.1, 0.15) is 24.7 Å². The Kier molecular flexibility index (Phi) is 35.6. The molecule has 6 aliphatic heterocycles. The van der Waals surface area contributed by atoms with Gasteiger partial charge in [-0.1, -0.05) is 55.4 Å². The molecule has 10 nitrogen and oxygen atoms in total. The molecule has 3 N–H and O–H groups in total. The van der Waals surface area contributed by atoms with Crippen molar-refractivity contribution in [2.45, 2.75) is 237 Å². The lowest BCUT2D eigenvalue weighted by atomic mass is 9.97. The molecule has 436 valence electrons. The van der Waals surface area contributed by atoms with Gasteiger partial charge >= 0.3 is 0 Å². The van der Waals surface area contributed by atoms with Crippen molar-refractivity contribution in [3.05, 3.63) is 0 Å². The first-order valence-corrected chi connectivity index (χ1v) is 29.1. The van der Waals surface area contributed by atoms with Crippen LogP contribution in [0.25, 0.3) is 0 Å². The minimum atomic E-state index is -0.751. The largest absolute Gasteiger partial charge is 0.379 e. The number of hydrogen-bond acceptors (Lipinski definition) is 10. The van der Waals surface area contributed by atoms with E-state index in [1.165, 1.54) is 0 Å². The maximum Gasteiger partial charge on any atom is 0.118 e. The van der Waals surface area contributed by atoms with Crippen LogP contribution in [0.4, 0.5) is 17.6 Å². The summed E-state index contributed by atoms with van der Waals surface area (Å²) in [6.07, 6.45) is -2.79. The molecule has 6 heterocycles. The number of likely N-dealkylation sites (tertiary alicyclic amines) is 4. The highest BCUT2D eigenvalue weighted by molar-refractivity contribution is 5.00. The number of alkyl halides is 4. The molecule has 0 aliphatic carbocycles. The Morgan fingerprint density at radius 1 is 0.458 bits per heavy atom. The van der Waals surface area contributed by atoms with Crippen LogP contribution >= 0.6 is 0 Å². The van der Waals surface area contributed by atoms with Gasteiger partial charge in [-0.05, 0) is 131 Å². The van der Waals surface area contributed by atoms with Crippen molar-refractivity contribution in [1.29, 1.82) is 0 Å². The average Bonchev–Trinajstić information content (AvgIpc) is 3.99. The van der Waals surface area contributed by atoms with Crippen LogP contribution in [0.2, 0.25) is 0 Å². The summed E-state index contributed by atoms with van der Waals surface area (Å²) < 4.78 is 61.3. The summed E-state index contributed by atoms with van der Waals surface area (Å²) in [6.45, 7) is 63.6. The van der Waals surface area contributed by atoms with Crippen molar-refractivity contribution in [3.63, 3.8) is 0 Å². The van der Waals surface area contributed by atoms with Crippen molar-refractivity contribution >= 4 is 0 Å². The molecular formula is C58H125F4N9O. The van der Waals surface area contributed by atoms with Crippen LogP contribution in [-0.2, 0) is 4.74 Å². The summed E-state index contributed by atoms with van der Waals surface area (Å²) in [5.41, 5.74) is 5.81. The minimum absolute atomic E-state index is 0.0132. The van der Waals surface area contributed by atoms with E-state index in [2.05, 4.69) is 150 Å². The zero-order valence-corrected chi connectivity index (χ0v) is 52.4. The van der Waals surface area contributed by atoms with Gasteiger partial charge in [0.05, 0.1) is 13.2 Å². The second kappa shape index (κ2) is 35.0. The van der Waals surface area contributed by atoms with Crippen LogP contribution in [0.1, 0.15) is 166 Å². The average molecular weight is 1040 g/mol. The van der Waals surface area contributed by atoms with Crippen LogP contribution in [0.3, 0.4) is 0 Å². The van der Waals surface area contributed by atoms with Crippen molar-refractivity contribution < 1.29 is 22.3 Å². The van der Waals surface area contributed by atoms with Crippen LogP contribution in [-0.4, -0.2) is 224 Å². The Morgan fingerprint density at radius 2 is 0.722 bits per heavy atom. The third-order valence-electron chi connectivity index (χ3n) is 15.3. The van der Waals surface area contributed by atoms with Crippen LogP contribution in [0.5, 0.6) is 0 Å². The third kappa shape index (κ3) is 23.5. The molecule has 72 heavy (non-hydrogen) atoms. The molecule has 6 fully saturated rings. The number of nitrogens with two attached hydrogens (primary N) is 1. The molecule has 6 saturated heterocycles. The lowest BCUT2D eigenvalue weighted by molar-refractivity contribution is 0.0218. The minimum Gasteiger partial charge on any atom is -0.379 e. The quantitative estimate of drug-likeness (QED) is 0.241.